The van der Waals surface area contributed by atoms with Crippen LogP contribution in [0.15, 0.2) is 115 Å². The summed E-state index contributed by atoms with van der Waals surface area (Å²) in [5, 5.41) is 8.05. The molecule has 0 unspecified atom stereocenters. The van der Waals surface area contributed by atoms with Crippen molar-refractivity contribution < 1.29 is 0 Å². The summed E-state index contributed by atoms with van der Waals surface area (Å²) in [6.45, 7) is 0.275. The molecule has 0 saturated heterocycles. The molecule has 0 aliphatic carbocycles. The minimum atomic E-state index is 0.275. The predicted octanol–water partition coefficient (Wildman–Crippen LogP) is 6.67. The van der Waals surface area contributed by atoms with Crippen molar-refractivity contribution in [2.45, 2.75) is 6.42 Å². The molecule has 3 heteroatoms. The summed E-state index contributed by atoms with van der Waals surface area (Å²) in [5.41, 5.74) is 15.2. The molecule has 11 rings (SSSR count). The SMILES string of the molecule is c1ccc2c(c1)Cc1ccc3c4cc5c6cccc7c8ccccc8n(c5cc4n4c3c1B2c1ccccc1-4)c76. The first-order chi connectivity index (χ1) is 19.9. The van der Waals surface area contributed by atoms with E-state index >= 15 is 0 Å². The predicted molar refractivity (Wildman–Crippen MR) is 169 cm³/mol. The van der Waals surface area contributed by atoms with Gasteiger partial charge in [-0.2, -0.15) is 0 Å². The molecule has 9 aromatic rings. The zero-order valence-electron chi connectivity index (χ0n) is 21.6. The summed E-state index contributed by atoms with van der Waals surface area (Å²) in [6, 6.07) is 43.6. The number of hydrogen-bond donors (Lipinski definition) is 0. The van der Waals surface area contributed by atoms with Crippen molar-refractivity contribution in [3.8, 4) is 5.69 Å². The van der Waals surface area contributed by atoms with Gasteiger partial charge in [-0.3, -0.25) is 0 Å². The Morgan fingerprint density at radius 2 is 1.20 bits per heavy atom. The van der Waals surface area contributed by atoms with Gasteiger partial charge in [0.25, 0.3) is 0 Å². The molecule has 0 spiro atoms. The molecule has 0 radical (unpaired) electrons. The van der Waals surface area contributed by atoms with Gasteiger partial charge in [-0.1, -0.05) is 96.5 Å². The summed E-state index contributed by atoms with van der Waals surface area (Å²) in [7, 11) is 0. The van der Waals surface area contributed by atoms with Gasteiger partial charge in [0.1, 0.15) is 0 Å². The van der Waals surface area contributed by atoms with Crippen molar-refractivity contribution in [1.82, 2.24) is 8.97 Å². The molecular formula is C37H21BN2. The fraction of sp³-hybridized carbons (Fsp3) is 0.0270. The molecule has 5 heterocycles. The number of nitrogens with zero attached hydrogens (tertiary/aromatic N) is 2. The summed E-state index contributed by atoms with van der Waals surface area (Å²) in [4.78, 5) is 0. The maximum Gasteiger partial charge on any atom is 0.247 e. The number of fused-ring (bicyclic) bond motifs is 14. The molecule has 0 saturated carbocycles. The minimum absolute atomic E-state index is 0.275. The van der Waals surface area contributed by atoms with E-state index < -0.39 is 0 Å². The quantitative estimate of drug-likeness (QED) is 0.204. The maximum atomic E-state index is 2.58. The van der Waals surface area contributed by atoms with Gasteiger partial charge in [-0.15, -0.1) is 0 Å². The van der Waals surface area contributed by atoms with Crippen LogP contribution in [0, 0.1) is 0 Å². The fourth-order valence-electron chi connectivity index (χ4n) is 8.42. The van der Waals surface area contributed by atoms with E-state index in [1.807, 2.05) is 0 Å². The summed E-state index contributed by atoms with van der Waals surface area (Å²) in [6.07, 6.45) is 0.999. The van der Waals surface area contributed by atoms with Crippen LogP contribution in [0.25, 0.3) is 65.6 Å². The number of benzene rings is 6. The highest BCUT2D eigenvalue weighted by Gasteiger charge is 2.38. The summed E-state index contributed by atoms with van der Waals surface area (Å²) in [5.74, 6) is 0. The molecule has 182 valence electrons. The second kappa shape index (κ2) is 6.58. The number of aromatic nitrogens is 2. The summed E-state index contributed by atoms with van der Waals surface area (Å²) < 4.78 is 5.08. The van der Waals surface area contributed by atoms with E-state index in [0.29, 0.717) is 0 Å². The van der Waals surface area contributed by atoms with Crippen molar-refractivity contribution in [3.63, 3.8) is 0 Å². The zero-order valence-corrected chi connectivity index (χ0v) is 21.6. The Kier molecular flexibility index (Phi) is 3.28. The standard InChI is InChI=1S/C37H21BN2/c1-3-12-29-21(8-1)18-22-16-17-26-28-19-27-25-11-7-10-24-23-9-2-5-14-31(23)39(36(24)25)33(27)20-34(28)40-32-15-6-4-13-30(32)38(29)35(22)37(26)40/h1-17,19-20H,18H2. The van der Waals surface area contributed by atoms with Crippen LogP contribution in [0.4, 0.5) is 0 Å². The third kappa shape index (κ3) is 2.09. The van der Waals surface area contributed by atoms with E-state index in [-0.39, 0.29) is 6.71 Å². The third-order valence-corrected chi connectivity index (χ3v) is 9.93. The monoisotopic (exact) mass is 504 g/mol. The van der Waals surface area contributed by atoms with Crippen LogP contribution in [0.3, 0.4) is 0 Å². The van der Waals surface area contributed by atoms with Crippen LogP contribution >= 0.6 is 0 Å². The van der Waals surface area contributed by atoms with Crippen LogP contribution in [-0.4, -0.2) is 15.7 Å². The Bertz CT molecular complexity index is 2580. The molecule has 0 amide bonds. The first kappa shape index (κ1) is 20.0. The third-order valence-electron chi connectivity index (χ3n) is 9.93. The second-order valence-corrected chi connectivity index (χ2v) is 11.7. The minimum Gasteiger partial charge on any atom is -0.310 e. The fourth-order valence-corrected chi connectivity index (χ4v) is 8.42. The van der Waals surface area contributed by atoms with E-state index in [4.69, 9.17) is 0 Å². The lowest BCUT2D eigenvalue weighted by molar-refractivity contribution is 1.16. The largest absolute Gasteiger partial charge is 0.310 e. The van der Waals surface area contributed by atoms with Crippen molar-refractivity contribution in [3.05, 3.63) is 126 Å². The van der Waals surface area contributed by atoms with Gasteiger partial charge in [0, 0.05) is 43.5 Å². The van der Waals surface area contributed by atoms with Gasteiger partial charge >= 0.3 is 0 Å². The number of para-hydroxylation sites is 3. The van der Waals surface area contributed by atoms with Gasteiger partial charge < -0.3 is 8.97 Å². The lowest BCUT2D eigenvalue weighted by Gasteiger charge is -2.33. The molecule has 0 bridgehead atoms. The first-order valence-corrected chi connectivity index (χ1v) is 14.2. The van der Waals surface area contributed by atoms with Crippen LogP contribution < -0.4 is 16.4 Å². The molecular weight excluding hydrogens is 483 g/mol. The lowest BCUT2D eigenvalue weighted by atomic mass is 9.32. The molecule has 2 aliphatic rings. The molecule has 2 aliphatic heterocycles. The van der Waals surface area contributed by atoms with E-state index in [9.17, 15) is 0 Å². The highest BCUT2D eigenvalue weighted by atomic mass is 15.0. The van der Waals surface area contributed by atoms with E-state index in [1.165, 1.54) is 93.1 Å². The Labute approximate surface area is 230 Å². The average molecular weight is 504 g/mol. The smallest absolute Gasteiger partial charge is 0.247 e. The van der Waals surface area contributed by atoms with Crippen LogP contribution in [0.1, 0.15) is 11.1 Å². The first-order valence-electron chi connectivity index (χ1n) is 14.2. The van der Waals surface area contributed by atoms with Crippen LogP contribution in [0.5, 0.6) is 0 Å². The molecule has 40 heavy (non-hydrogen) atoms. The molecule has 2 nitrogen and oxygen atoms in total. The van der Waals surface area contributed by atoms with E-state index in [1.54, 1.807) is 0 Å². The van der Waals surface area contributed by atoms with Gasteiger partial charge in [-0.25, -0.2) is 0 Å². The van der Waals surface area contributed by atoms with Crippen molar-refractivity contribution >= 4 is 83.0 Å². The normalized spacial score (nSPS) is 13.8. The van der Waals surface area contributed by atoms with Crippen molar-refractivity contribution in [2.24, 2.45) is 0 Å². The average Bonchev–Trinajstić information content (AvgIpc) is 3.64. The highest BCUT2D eigenvalue weighted by Crippen LogP contribution is 2.43. The second-order valence-electron chi connectivity index (χ2n) is 11.7. The molecule has 0 N–H and O–H groups in total. The number of hydrogen-bond acceptors (Lipinski definition) is 0. The van der Waals surface area contributed by atoms with Crippen LogP contribution in [0.2, 0.25) is 0 Å². The van der Waals surface area contributed by atoms with E-state index in [0.717, 1.165) is 6.42 Å². The highest BCUT2D eigenvalue weighted by molar-refractivity contribution is 6.98. The molecule has 6 aromatic carbocycles. The lowest BCUT2D eigenvalue weighted by Crippen LogP contribution is -2.60. The van der Waals surface area contributed by atoms with Gasteiger partial charge in [0.15, 0.2) is 0 Å². The molecule has 0 atom stereocenters. The zero-order chi connectivity index (χ0) is 25.7. The van der Waals surface area contributed by atoms with Gasteiger partial charge in [0.2, 0.25) is 6.71 Å². The number of rotatable bonds is 0. The molecule has 0 fully saturated rings. The van der Waals surface area contributed by atoms with E-state index in [2.05, 4.69) is 124 Å². The van der Waals surface area contributed by atoms with Crippen molar-refractivity contribution in [1.29, 1.82) is 0 Å². The maximum absolute atomic E-state index is 2.58. The summed E-state index contributed by atoms with van der Waals surface area (Å²) >= 11 is 0. The van der Waals surface area contributed by atoms with Crippen LogP contribution in [-0.2, 0) is 6.42 Å². The Morgan fingerprint density at radius 3 is 2.15 bits per heavy atom. The van der Waals surface area contributed by atoms with Gasteiger partial charge in [-0.05, 0) is 52.7 Å². The van der Waals surface area contributed by atoms with Gasteiger partial charge in [0.05, 0.1) is 22.1 Å². The Morgan fingerprint density at radius 1 is 0.475 bits per heavy atom. The van der Waals surface area contributed by atoms with Crippen molar-refractivity contribution in [2.75, 3.05) is 0 Å². The Hall–Kier alpha value is -5.02. The Balaban J connectivity index is 1.38. The topological polar surface area (TPSA) is 9.34 Å². The molecule has 3 aromatic heterocycles.